The number of fused-ring (bicyclic) bond motifs is 2. The van der Waals surface area contributed by atoms with Crippen LogP contribution in [0.3, 0.4) is 0 Å². The van der Waals surface area contributed by atoms with Gasteiger partial charge in [0.15, 0.2) is 0 Å². The van der Waals surface area contributed by atoms with Gasteiger partial charge in [0, 0.05) is 12.3 Å². The largest absolute Gasteiger partial charge is 0.299 e. The van der Waals surface area contributed by atoms with Crippen LogP contribution in [0.4, 0.5) is 0 Å². The Bertz CT molecular complexity index is 160. The van der Waals surface area contributed by atoms with Crippen molar-refractivity contribution in [3.05, 3.63) is 0 Å². The summed E-state index contributed by atoms with van der Waals surface area (Å²) >= 11 is 0. The Morgan fingerprint density at radius 2 is 2.20 bits per heavy atom. The van der Waals surface area contributed by atoms with E-state index in [1.165, 1.54) is 19.3 Å². The van der Waals surface area contributed by atoms with E-state index in [1.54, 1.807) is 0 Å². The number of hydrogen-bond acceptors (Lipinski definition) is 1. The van der Waals surface area contributed by atoms with E-state index in [-0.39, 0.29) is 0 Å². The highest BCUT2D eigenvalue weighted by Crippen LogP contribution is 2.43. The summed E-state index contributed by atoms with van der Waals surface area (Å²) in [4.78, 5) is 11.2. The third-order valence-corrected chi connectivity index (χ3v) is 3.27. The third-order valence-electron chi connectivity index (χ3n) is 3.27. The van der Waals surface area contributed by atoms with Gasteiger partial charge in [-0.3, -0.25) is 4.79 Å². The first-order valence-corrected chi connectivity index (χ1v) is 4.30. The van der Waals surface area contributed by atoms with Crippen molar-refractivity contribution in [2.75, 3.05) is 0 Å². The smallest absolute Gasteiger partial charge is 0.136 e. The number of carbonyl (C=O) groups excluding carboxylic acids is 1. The molecule has 2 fully saturated rings. The molecule has 1 nitrogen and oxygen atoms in total. The first kappa shape index (κ1) is 6.38. The lowest BCUT2D eigenvalue weighted by atomic mass is 9.87. The molecule has 1 heteroatoms. The quantitative estimate of drug-likeness (QED) is 0.500. The van der Waals surface area contributed by atoms with Crippen LogP contribution in [0.5, 0.6) is 0 Å². The highest BCUT2D eigenvalue weighted by atomic mass is 16.1. The Morgan fingerprint density at radius 1 is 1.40 bits per heavy atom. The molecule has 2 bridgehead atoms. The van der Waals surface area contributed by atoms with Crippen LogP contribution in [-0.2, 0) is 4.79 Å². The molecule has 2 saturated carbocycles. The van der Waals surface area contributed by atoms with E-state index in [4.69, 9.17) is 0 Å². The number of rotatable bonds is 0. The van der Waals surface area contributed by atoms with Gasteiger partial charge in [0.1, 0.15) is 5.78 Å². The summed E-state index contributed by atoms with van der Waals surface area (Å²) in [5, 5.41) is 0. The second kappa shape index (κ2) is 2.08. The van der Waals surface area contributed by atoms with E-state index in [9.17, 15) is 4.79 Å². The molecule has 2 rings (SSSR count). The molecule has 0 spiro atoms. The van der Waals surface area contributed by atoms with Gasteiger partial charge in [0.25, 0.3) is 0 Å². The molecule has 0 aromatic rings. The summed E-state index contributed by atoms with van der Waals surface area (Å²) in [6, 6.07) is 0. The van der Waals surface area contributed by atoms with Gasteiger partial charge < -0.3 is 0 Å². The van der Waals surface area contributed by atoms with Crippen molar-refractivity contribution in [3.63, 3.8) is 0 Å². The Balaban J connectivity index is 2.15. The Morgan fingerprint density at radius 3 is 2.90 bits per heavy atom. The fraction of sp³-hybridized carbons (Fsp3) is 0.889. The summed E-state index contributed by atoms with van der Waals surface area (Å²) in [5.74, 6) is 2.73. The lowest BCUT2D eigenvalue weighted by Crippen LogP contribution is -2.16. The van der Waals surface area contributed by atoms with Crippen molar-refractivity contribution in [2.45, 2.75) is 32.6 Å². The molecule has 3 atom stereocenters. The SMILES string of the molecule is CC1C[C@H]2C[C@H]1CCC2=O. The maximum Gasteiger partial charge on any atom is 0.136 e. The van der Waals surface area contributed by atoms with E-state index in [1.807, 2.05) is 0 Å². The Labute approximate surface area is 61.8 Å². The molecule has 0 amide bonds. The van der Waals surface area contributed by atoms with Gasteiger partial charge in [-0.15, -0.1) is 0 Å². The van der Waals surface area contributed by atoms with Gasteiger partial charge >= 0.3 is 0 Å². The van der Waals surface area contributed by atoms with Gasteiger partial charge in [0.05, 0.1) is 0 Å². The molecular weight excluding hydrogens is 124 g/mol. The topological polar surface area (TPSA) is 17.1 Å². The number of hydrogen-bond donors (Lipinski definition) is 0. The predicted molar refractivity (Wildman–Crippen MR) is 39.6 cm³/mol. The van der Waals surface area contributed by atoms with Crippen LogP contribution < -0.4 is 0 Å². The first-order chi connectivity index (χ1) is 4.77. The van der Waals surface area contributed by atoms with Crippen LogP contribution in [0.25, 0.3) is 0 Å². The van der Waals surface area contributed by atoms with E-state index in [0.717, 1.165) is 18.3 Å². The van der Waals surface area contributed by atoms with E-state index in [0.29, 0.717) is 11.7 Å². The zero-order chi connectivity index (χ0) is 7.14. The summed E-state index contributed by atoms with van der Waals surface area (Å²) < 4.78 is 0. The molecule has 0 aromatic carbocycles. The lowest BCUT2D eigenvalue weighted by Gasteiger charge is -2.17. The monoisotopic (exact) mass is 138 g/mol. The summed E-state index contributed by atoms with van der Waals surface area (Å²) in [6.45, 7) is 2.29. The summed E-state index contributed by atoms with van der Waals surface area (Å²) in [5.41, 5.74) is 0. The lowest BCUT2D eigenvalue weighted by molar-refractivity contribution is -0.124. The Hall–Kier alpha value is -0.330. The van der Waals surface area contributed by atoms with Crippen molar-refractivity contribution in [2.24, 2.45) is 17.8 Å². The normalized spacial score (nSPS) is 46.1. The molecule has 1 unspecified atom stereocenters. The molecule has 0 heterocycles. The second-order valence-corrected chi connectivity index (χ2v) is 3.91. The Kier molecular flexibility index (Phi) is 1.33. The van der Waals surface area contributed by atoms with Crippen LogP contribution in [0, 0.1) is 17.8 Å². The van der Waals surface area contributed by atoms with Crippen molar-refractivity contribution in [1.29, 1.82) is 0 Å². The maximum absolute atomic E-state index is 11.2. The number of Topliss-reactive ketones (excluding diaryl/α,β-unsaturated/α-hetero) is 1. The zero-order valence-electron chi connectivity index (χ0n) is 6.47. The van der Waals surface area contributed by atoms with Crippen LogP contribution >= 0.6 is 0 Å². The van der Waals surface area contributed by atoms with Crippen molar-refractivity contribution < 1.29 is 4.79 Å². The summed E-state index contributed by atoms with van der Waals surface area (Å²) in [6.07, 6.45) is 4.44. The van der Waals surface area contributed by atoms with E-state index in [2.05, 4.69) is 6.92 Å². The standard InChI is InChI=1S/C9H14O/c1-6-4-8-5-7(6)2-3-9(8)10/h6-8H,2-5H2,1H3/t6?,7-,8+/m1/s1. The average molecular weight is 138 g/mol. The molecular formula is C9H14O. The highest BCUT2D eigenvalue weighted by molar-refractivity contribution is 5.82. The average Bonchev–Trinajstić information content (AvgIpc) is 2.21. The van der Waals surface area contributed by atoms with Crippen molar-refractivity contribution >= 4 is 5.78 Å². The molecule has 0 aromatic heterocycles. The van der Waals surface area contributed by atoms with Gasteiger partial charge in [0.2, 0.25) is 0 Å². The summed E-state index contributed by atoms with van der Waals surface area (Å²) in [7, 11) is 0. The minimum Gasteiger partial charge on any atom is -0.299 e. The maximum atomic E-state index is 11.2. The van der Waals surface area contributed by atoms with Crippen LogP contribution in [0.15, 0.2) is 0 Å². The predicted octanol–water partition coefficient (Wildman–Crippen LogP) is 2.01. The number of ketones is 1. The highest BCUT2D eigenvalue weighted by Gasteiger charge is 2.38. The second-order valence-electron chi connectivity index (χ2n) is 3.91. The molecule has 2 aliphatic rings. The molecule has 10 heavy (non-hydrogen) atoms. The van der Waals surface area contributed by atoms with Gasteiger partial charge in [-0.2, -0.15) is 0 Å². The van der Waals surface area contributed by atoms with E-state index < -0.39 is 0 Å². The van der Waals surface area contributed by atoms with Gasteiger partial charge in [-0.25, -0.2) is 0 Å². The zero-order valence-corrected chi connectivity index (χ0v) is 6.47. The minimum absolute atomic E-state index is 0.466. The molecule has 0 saturated heterocycles. The number of carbonyl (C=O) groups is 1. The molecule has 0 N–H and O–H groups in total. The third kappa shape index (κ3) is 0.799. The fourth-order valence-corrected chi connectivity index (χ4v) is 2.53. The van der Waals surface area contributed by atoms with Crippen LogP contribution in [-0.4, -0.2) is 5.78 Å². The van der Waals surface area contributed by atoms with E-state index >= 15 is 0 Å². The molecule has 2 aliphatic carbocycles. The van der Waals surface area contributed by atoms with Crippen LogP contribution in [0.2, 0.25) is 0 Å². The van der Waals surface area contributed by atoms with Crippen molar-refractivity contribution in [1.82, 2.24) is 0 Å². The minimum atomic E-state index is 0.466. The van der Waals surface area contributed by atoms with Gasteiger partial charge in [-0.1, -0.05) is 6.92 Å². The van der Waals surface area contributed by atoms with Crippen LogP contribution in [0.1, 0.15) is 32.6 Å². The van der Waals surface area contributed by atoms with Crippen molar-refractivity contribution in [3.8, 4) is 0 Å². The fourth-order valence-electron chi connectivity index (χ4n) is 2.53. The molecule has 56 valence electrons. The molecule has 0 aliphatic heterocycles. The molecule has 0 radical (unpaired) electrons. The first-order valence-electron chi connectivity index (χ1n) is 4.30. The van der Waals surface area contributed by atoms with Gasteiger partial charge in [-0.05, 0) is 31.1 Å².